The number of aromatic nitrogens is 2. The van der Waals surface area contributed by atoms with Gasteiger partial charge >= 0.3 is 0 Å². The van der Waals surface area contributed by atoms with Gasteiger partial charge in [-0.1, -0.05) is 35.9 Å². The molecule has 22 heavy (non-hydrogen) atoms. The number of nitrogens with zero attached hydrogens (tertiary/aromatic N) is 2. The topological polar surface area (TPSA) is 66.9 Å². The fourth-order valence-corrected chi connectivity index (χ4v) is 1.93. The number of amides is 1. The molecule has 0 unspecified atom stereocenters. The van der Waals surface area contributed by atoms with E-state index in [1.165, 1.54) is 5.56 Å². The standard InChI is InChI=1S/C17H20N4O/c1-4-9-18-16-10-15(20-13(3)21-16)17(22)19-11-14-7-5-12(2)6-8-14/h4-8,10H,1,9,11H2,2-3H3,(H,19,22)(H,18,20,21). The molecule has 1 amide bonds. The van der Waals surface area contributed by atoms with Crippen molar-refractivity contribution in [2.75, 3.05) is 11.9 Å². The van der Waals surface area contributed by atoms with E-state index in [0.29, 0.717) is 30.4 Å². The highest BCUT2D eigenvalue weighted by Gasteiger charge is 2.10. The largest absolute Gasteiger partial charge is 0.366 e. The first-order valence-electron chi connectivity index (χ1n) is 7.12. The van der Waals surface area contributed by atoms with Gasteiger partial charge in [0.15, 0.2) is 0 Å². The van der Waals surface area contributed by atoms with E-state index < -0.39 is 0 Å². The van der Waals surface area contributed by atoms with Crippen LogP contribution < -0.4 is 10.6 Å². The van der Waals surface area contributed by atoms with Crippen LogP contribution in [0.5, 0.6) is 0 Å². The van der Waals surface area contributed by atoms with Crippen molar-refractivity contribution >= 4 is 11.7 Å². The number of hydrogen-bond donors (Lipinski definition) is 2. The van der Waals surface area contributed by atoms with Gasteiger partial charge < -0.3 is 10.6 Å². The molecular formula is C17H20N4O. The van der Waals surface area contributed by atoms with Crippen molar-refractivity contribution in [2.45, 2.75) is 20.4 Å². The Morgan fingerprint density at radius 2 is 1.95 bits per heavy atom. The van der Waals surface area contributed by atoms with Gasteiger partial charge in [-0.25, -0.2) is 9.97 Å². The molecule has 2 rings (SSSR count). The maximum Gasteiger partial charge on any atom is 0.270 e. The van der Waals surface area contributed by atoms with Crippen molar-refractivity contribution in [2.24, 2.45) is 0 Å². The molecule has 0 aliphatic rings. The van der Waals surface area contributed by atoms with Gasteiger partial charge in [0, 0.05) is 19.2 Å². The zero-order valence-corrected chi connectivity index (χ0v) is 12.9. The third-order valence-corrected chi connectivity index (χ3v) is 3.07. The van der Waals surface area contributed by atoms with E-state index in [2.05, 4.69) is 27.2 Å². The molecular weight excluding hydrogens is 276 g/mol. The van der Waals surface area contributed by atoms with Gasteiger partial charge in [-0.15, -0.1) is 6.58 Å². The molecule has 0 atom stereocenters. The van der Waals surface area contributed by atoms with Gasteiger partial charge in [0.05, 0.1) is 0 Å². The minimum Gasteiger partial charge on any atom is -0.366 e. The first-order chi connectivity index (χ1) is 10.6. The summed E-state index contributed by atoms with van der Waals surface area (Å²) in [6.07, 6.45) is 1.73. The zero-order valence-electron chi connectivity index (χ0n) is 12.9. The molecule has 1 aromatic heterocycles. The van der Waals surface area contributed by atoms with Gasteiger partial charge in [0.25, 0.3) is 5.91 Å². The van der Waals surface area contributed by atoms with Crippen LogP contribution in [-0.2, 0) is 6.54 Å². The molecule has 2 aromatic rings. The van der Waals surface area contributed by atoms with Crippen molar-refractivity contribution in [3.63, 3.8) is 0 Å². The smallest absolute Gasteiger partial charge is 0.270 e. The van der Waals surface area contributed by atoms with E-state index in [4.69, 9.17) is 0 Å². The number of hydrogen-bond acceptors (Lipinski definition) is 4. The van der Waals surface area contributed by atoms with Crippen LogP contribution in [-0.4, -0.2) is 22.4 Å². The molecule has 0 aliphatic heterocycles. The molecule has 0 aliphatic carbocycles. The van der Waals surface area contributed by atoms with Gasteiger partial charge in [-0.2, -0.15) is 0 Å². The van der Waals surface area contributed by atoms with Crippen LogP contribution in [0.2, 0.25) is 0 Å². The monoisotopic (exact) mass is 296 g/mol. The van der Waals surface area contributed by atoms with Crippen LogP contribution in [0.1, 0.15) is 27.4 Å². The Morgan fingerprint density at radius 3 is 2.64 bits per heavy atom. The number of nitrogens with one attached hydrogen (secondary N) is 2. The van der Waals surface area contributed by atoms with E-state index in [1.54, 1.807) is 19.1 Å². The SMILES string of the molecule is C=CCNc1cc(C(=O)NCc2ccc(C)cc2)nc(C)n1. The Bertz CT molecular complexity index is 665. The van der Waals surface area contributed by atoms with Crippen LogP contribution in [0.3, 0.4) is 0 Å². The molecule has 5 heteroatoms. The predicted molar refractivity (Wildman–Crippen MR) is 87.8 cm³/mol. The lowest BCUT2D eigenvalue weighted by Gasteiger charge is -2.08. The Balaban J connectivity index is 2.03. The Kier molecular flexibility index (Phi) is 5.25. The number of anilines is 1. The molecule has 0 radical (unpaired) electrons. The third kappa shape index (κ3) is 4.41. The summed E-state index contributed by atoms with van der Waals surface area (Å²) in [6, 6.07) is 9.68. The lowest BCUT2D eigenvalue weighted by Crippen LogP contribution is -2.24. The highest BCUT2D eigenvalue weighted by molar-refractivity contribution is 5.92. The Morgan fingerprint density at radius 1 is 1.23 bits per heavy atom. The number of benzene rings is 1. The van der Waals surface area contributed by atoms with E-state index in [9.17, 15) is 4.79 Å². The summed E-state index contributed by atoms with van der Waals surface area (Å²) in [5.74, 6) is 0.954. The first-order valence-corrected chi connectivity index (χ1v) is 7.12. The normalized spacial score (nSPS) is 10.1. The number of aryl methyl sites for hydroxylation is 2. The van der Waals surface area contributed by atoms with Crippen molar-refractivity contribution in [1.82, 2.24) is 15.3 Å². The lowest BCUT2D eigenvalue weighted by molar-refractivity contribution is 0.0945. The second-order valence-electron chi connectivity index (χ2n) is 5.02. The third-order valence-electron chi connectivity index (χ3n) is 3.07. The zero-order chi connectivity index (χ0) is 15.9. The molecule has 2 N–H and O–H groups in total. The van der Waals surface area contributed by atoms with Crippen molar-refractivity contribution in [1.29, 1.82) is 0 Å². The van der Waals surface area contributed by atoms with Crippen LogP contribution >= 0.6 is 0 Å². The fraction of sp³-hybridized carbons (Fsp3) is 0.235. The second-order valence-corrected chi connectivity index (χ2v) is 5.02. The fourth-order valence-electron chi connectivity index (χ4n) is 1.93. The average molecular weight is 296 g/mol. The molecule has 0 saturated carbocycles. The predicted octanol–water partition coefficient (Wildman–Crippen LogP) is 2.62. The Labute approximate surface area is 130 Å². The van der Waals surface area contributed by atoms with E-state index in [0.717, 1.165) is 5.56 Å². The highest BCUT2D eigenvalue weighted by atomic mass is 16.1. The van der Waals surface area contributed by atoms with Crippen LogP contribution in [0.15, 0.2) is 43.0 Å². The van der Waals surface area contributed by atoms with Gasteiger partial charge in [-0.3, -0.25) is 4.79 Å². The molecule has 0 spiro atoms. The number of rotatable bonds is 6. The van der Waals surface area contributed by atoms with Crippen LogP contribution in [0.25, 0.3) is 0 Å². The van der Waals surface area contributed by atoms with Crippen LogP contribution in [0.4, 0.5) is 5.82 Å². The minimum absolute atomic E-state index is 0.215. The molecule has 0 bridgehead atoms. The second kappa shape index (κ2) is 7.36. The van der Waals surface area contributed by atoms with Gasteiger partial charge in [-0.05, 0) is 19.4 Å². The summed E-state index contributed by atoms with van der Waals surface area (Å²) in [5, 5.41) is 5.93. The summed E-state index contributed by atoms with van der Waals surface area (Å²) >= 11 is 0. The molecule has 114 valence electrons. The summed E-state index contributed by atoms with van der Waals surface area (Å²) < 4.78 is 0. The molecule has 1 aromatic carbocycles. The van der Waals surface area contributed by atoms with E-state index in [-0.39, 0.29) is 5.91 Å². The summed E-state index contributed by atoms with van der Waals surface area (Å²) in [6.45, 7) is 8.49. The maximum atomic E-state index is 12.2. The summed E-state index contributed by atoms with van der Waals surface area (Å²) in [7, 11) is 0. The van der Waals surface area contributed by atoms with Crippen LogP contribution in [0, 0.1) is 13.8 Å². The number of carbonyl (C=O) groups is 1. The first kappa shape index (κ1) is 15.7. The van der Waals surface area contributed by atoms with E-state index in [1.807, 2.05) is 31.2 Å². The quantitative estimate of drug-likeness (QED) is 0.804. The highest BCUT2D eigenvalue weighted by Crippen LogP contribution is 2.07. The Hall–Kier alpha value is -2.69. The summed E-state index contributed by atoms with van der Waals surface area (Å²) in [5.41, 5.74) is 2.60. The average Bonchev–Trinajstić information content (AvgIpc) is 2.51. The molecule has 1 heterocycles. The maximum absolute atomic E-state index is 12.2. The van der Waals surface area contributed by atoms with E-state index >= 15 is 0 Å². The van der Waals surface area contributed by atoms with Crippen molar-refractivity contribution in [3.8, 4) is 0 Å². The summed E-state index contributed by atoms with van der Waals surface area (Å²) in [4.78, 5) is 20.6. The minimum atomic E-state index is -0.215. The lowest BCUT2D eigenvalue weighted by atomic mass is 10.1. The van der Waals surface area contributed by atoms with Gasteiger partial charge in [0.1, 0.15) is 17.3 Å². The van der Waals surface area contributed by atoms with Gasteiger partial charge in [0.2, 0.25) is 0 Å². The van der Waals surface area contributed by atoms with Crippen molar-refractivity contribution < 1.29 is 4.79 Å². The number of carbonyl (C=O) groups excluding carboxylic acids is 1. The van der Waals surface area contributed by atoms with Crippen molar-refractivity contribution in [3.05, 3.63) is 65.6 Å². The molecule has 0 fully saturated rings. The molecule has 5 nitrogen and oxygen atoms in total. The molecule has 0 saturated heterocycles.